The molecule has 3 aromatic rings. The van der Waals surface area contributed by atoms with Gasteiger partial charge in [-0.3, -0.25) is 4.90 Å². The molecular formula is C21H20ClNO3. The van der Waals surface area contributed by atoms with Crippen LogP contribution in [0.25, 0.3) is 11.0 Å². The van der Waals surface area contributed by atoms with Crippen molar-refractivity contribution in [2.24, 2.45) is 0 Å². The Hall–Kier alpha value is -2.30. The van der Waals surface area contributed by atoms with Crippen LogP contribution in [0, 0.1) is 6.92 Å². The van der Waals surface area contributed by atoms with E-state index in [4.69, 9.17) is 20.8 Å². The zero-order valence-corrected chi connectivity index (χ0v) is 15.6. The van der Waals surface area contributed by atoms with Gasteiger partial charge in [0.2, 0.25) is 0 Å². The van der Waals surface area contributed by atoms with Crippen molar-refractivity contribution in [2.45, 2.75) is 33.4 Å². The predicted octanol–water partition coefficient (Wildman–Crippen LogP) is 4.67. The minimum atomic E-state index is -0.338. The normalized spacial score (nSPS) is 14.3. The molecule has 4 rings (SSSR count). The van der Waals surface area contributed by atoms with Crippen LogP contribution in [-0.2, 0) is 19.5 Å². The summed E-state index contributed by atoms with van der Waals surface area (Å²) in [6.07, 6.45) is 0.741. The molecule has 0 amide bonds. The summed E-state index contributed by atoms with van der Waals surface area (Å²) < 4.78 is 11.5. The molecule has 0 atom stereocenters. The second-order valence-corrected chi connectivity index (χ2v) is 7.14. The lowest BCUT2D eigenvalue weighted by molar-refractivity contribution is 0.0890. The molecule has 1 aliphatic heterocycles. The lowest BCUT2D eigenvalue weighted by Crippen LogP contribution is -2.32. The second-order valence-electron chi connectivity index (χ2n) is 6.73. The quantitative estimate of drug-likeness (QED) is 0.629. The van der Waals surface area contributed by atoms with E-state index in [0.29, 0.717) is 29.6 Å². The fraction of sp³-hybridized carbons (Fsp3) is 0.286. The molecule has 0 saturated carbocycles. The van der Waals surface area contributed by atoms with Gasteiger partial charge >= 0.3 is 5.63 Å². The van der Waals surface area contributed by atoms with Crippen molar-refractivity contribution in [3.05, 3.63) is 74.1 Å². The van der Waals surface area contributed by atoms with Crippen molar-refractivity contribution in [1.29, 1.82) is 0 Å². The van der Waals surface area contributed by atoms with Crippen molar-refractivity contribution in [3.8, 4) is 5.75 Å². The maximum absolute atomic E-state index is 12.0. The molecule has 0 saturated heterocycles. The molecule has 0 bridgehead atoms. The highest BCUT2D eigenvalue weighted by molar-refractivity contribution is 6.33. The monoisotopic (exact) mass is 369 g/mol. The first-order chi connectivity index (χ1) is 12.5. The molecule has 2 heterocycles. The van der Waals surface area contributed by atoms with Crippen molar-refractivity contribution >= 4 is 22.6 Å². The number of aryl methyl sites for hydroxylation is 2. The Morgan fingerprint density at radius 2 is 1.96 bits per heavy atom. The number of hydrogen-bond acceptors (Lipinski definition) is 4. The van der Waals surface area contributed by atoms with E-state index in [1.807, 2.05) is 13.0 Å². The number of ether oxygens (including phenoxy) is 1. The molecule has 0 aliphatic carbocycles. The number of benzene rings is 2. The van der Waals surface area contributed by atoms with Crippen LogP contribution in [0.4, 0.5) is 0 Å². The second kappa shape index (κ2) is 6.78. The van der Waals surface area contributed by atoms with E-state index in [0.717, 1.165) is 29.5 Å². The van der Waals surface area contributed by atoms with E-state index >= 15 is 0 Å². The third kappa shape index (κ3) is 3.11. The van der Waals surface area contributed by atoms with Crippen molar-refractivity contribution < 1.29 is 9.15 Å². The van der Waals surface area contributed by atoms with Gasteiger partial charge in [-0.1, -0.05) is 48.4 Å². The molecule has 0 fully saturated rings. The summed E-state index contributed by atoms with van der Waals surface area (Å²) in [7, 11) is 0. The smallest absolute Gasteiger partial charge is 0.336 e. The highest BCUT2D eigenvalue weighted by atomic mass is 35.5. The Morgan fingerprint density at radius 1 is 1.19 bits per heavy atom. The van der Waals surface area contributed by atoms with Crippen LogP contribution in [0.3, 0.4) is 0 Å². The number of fused-ring (bicyclic) bond motifs is 3. The molecule has 0 unspecified atom stereocenters. The predicted molar refractivity (Wildman–Crippen MR) is 103 cm³/mol. The lowest BCUT2D eigenvalue weighted by Gasteiger charge is -2.30. The highest BCUT2D eigenvalue weighted by Crippen LogP contribution is 2.39. The fourth-order valence-electron chi connectivity index (χ4n) is 3.44. The third-order valence-electron chi connectivity index (χ3n) is 4.80. The van der Waals surface area contributed by atoms with E-state index in [-0.39, 0.29) is 5.63 Å². The number of nitrogens with zero attached hydrogens (tertiary/aromatic N) is 1. The highest BCUT2D eigenvalue weighted by Gasteiger charge is 2.25. The van der Waals surface area contributed by atoms with Gasteiger partial charge in [0, 0.05) is 24.5 Å². The number of halogens is 1. The van der Waals surface area contributed by atoms with Gasteiger partial charge in [-0.05, 0) is 30.5 Å². The molecule has 4 nitrogen and oxygen atoms in total. The Kier molecular flexibility index (Phi) is 4.47. The topological polar surface area (TPSA) is 42.7 Å². The summed E-state index contributed by atoms with van der Waals surface area (Å²) >= 11 is 6.45. The van der Waals surface area contributed by atoms with Crippen LogP contribution in [0.2, 0.25) is 5.02 Å². The van der Waals surface area contributed by atoms with Gasteiger partial charge in [-0.25, -0.2) is 4.79 Å². The van der Waals surface area contributed by atoms with E-state index < -0.39 is 0 Å². The van der Waals surface area contributed by atoms with Crippen molar-refractivity contribution in [1.82, 2.24) is 4.90 Å². The first-order valence-corrected chi connectivity index (χ1v) is 9.11. The molecule has 1 aliphatic rings. The molecule has 2 aromatic carbocycles. The molecule has 5 heteroatoms. The molecular weight excluding hydrogens is 350 g/mol. The summed E-state index contributed by atoms with van der Waals surface area (Å²) in [5.41, 5.74) is 4.48. The fourth-order valence-corrected chi connectivity index (χ4v) is 3.72. The zero-order chi connectivity index (χ0) is 18.3. The van der Waals surface area contributed by atoms with Crippen LogP contribution in [-0.4, -0.2) is 11.6 Å². The van der Waals surface area contributed by atoms with Gasteiger partial charge < -0.3 is 9.15 Å². The lowest BCUT2D eigenvalue weighted by atomic mass is 10.0. The SMILES string of the molecule is CCc1cc(=O)oc2c3c(c(Cl)cc12)OCN(Cc1ccc(C)cc1)C3. The van der Waals surface area contributed by atoms with Gasteiger partial charge in [-0.2, -0.15) is 0 Å². The van der Waals surface area contributed by atoms with E-state index in [1.54, 1.807) is 6.07 Å². The van der Waals surface area contributed by atoms with Gasteiger partial charge in [0.15, 0.2) is 0 Å². The standard InChI is InChI=1S/C21H20ClNO3/c1-3-15-8-19(24)26-20-16(15)9-18(22)21-17(20)11-23(12-25-21)10-14-6-4-13(2)5-7-14/h4-9H,3,10-12H2,1-2H3. The van der Waals surface area contributed by atoms with Crippen LogP contribution < -0.4 is 10.4 Å². The van der Waals surface area contributed by atoms with Crippen molar-refractivity contribution in [2.75, 3.05) is 6.73 Å². The zero-order valence-electron chi connectivity index (χ0n) is 14.8. The van der Waals surface area contributed by atoms with Gasteiger partial charge in [0.1, 0.15) is 18.1 Å². The minimum Gasteiger partial charge on any atom is -0.476 e. The van der Waals surface area contributed by atoms with Crippen LogP contribution in [0.15, 0.2) is 45.6 Å². The van der Waals surface area contributed by atoms with Crippen LogP contribution >= 0.6 is 11.6 Å². The third-order valence-corrected chi connectivity index (χ3v) is 5.08. The summed E-state index contributed by atoms with van der Waals surface area (Å²) in [5, 5.41) is 1.45. The maximum Gasteiger partial charge on any atom is 0.336 e. The average molecular weight is 370 g/mol. The minimum absolute atomic E-state index is 0.338. The molecule has 0 radical (unpaired) electrons. The van der Waals surface area contributed by atoms with Crippen LogP contribution in [0.1, 0.15) is 29.2 Å². The van der Waals surface area contributed by atoms with E-state index in [1.165, 1.54) is 11.1 Å². The molecule has 1 aromatic heterocycles. The first kappa shape index (κ1) is 17.1. The largest absolute Gasteiger partial charge is 0.476 e. The van der Waals surface area contributed by atoms with Gasteiger partial charge in [-0.15, -0.1) is 0 Å². The van der Waals surface area contributed by atoms with Crippen molar-refractivity contribution in [3.63, 3.8) is 0 Å². The summed E-state index contributed by atoms with van der Waals surface area (Å²) in [6, 6.07) is 11.8. The number of rotatable bonds is 3. The molecule has 134 valence electrons. The average Bonchev–Trinajstić information content (AvgIpc) is 2.64. The Bertz CT molecular complexity index is 1020. The van der Waals surface area contributed by atoms with E-state index in [2.05, 4.69) is 36.1 Å². The molecule has 0 spiro atoms. The molecule has 26 heavy (non-hydrogen) atoms. The van der Waals surface area contributed by atoms with Gasteiger partial charge in [0.05, 0.1) is 10.6 Å². The summed E-state index contributed by atoms with van der Waals surface area (Å²) in [5.74, 6) is 0.621. The van der Waals surface area contributed by atoms with Gasteiger partial charge in [0.25, 0.3) is 0 Å². The Labute approximate surface area is 156 Å². The number of hydrogen-bond donors (Lipinski definition) is 0. The summed E-state index contributed by atoms with van der Waals surface area (Å²) in [6.45, 7) is 5.92. The molecule has 0 N–H and O–H groups in total. The first-order valence-electron chi connectivity index (χ1n) is 8.74. The Morgan fingerprint density at radius 3 is 2.69 bits per heavy atom. The maximum atomic E-state index is 12.0. The Balaban J connectivity index is 1.75. The summed E-state index contributed by atoms with van der Waals surface area (Å²) in [4.78, 5) is 14.2. The van der Waals surface area contributed by atoms with Crippen LogP contribution in [0.5, 0.6) is 5.75 Å². The van der Waals surface area contributed by atoms with E-state index in [9.17, 15) is 4.79 Å².